The Morgan fingerprint density at radius 1 is 0.444 bits per heavy atom. The van der Waals surface area contributed by atoms with Gasteiger partial charge in [-0.05, 0) is 66.2 Å². The summed E-state index contributed by atoms with van der Waals surface area (Å²) in [4.78, 5) is 2.47. The highest BCUT2D eigenvalue weighted by Crippen LogP contribution is 2.49. The summed E-state index contributed by atoms with van der Waals surface area (Å²) in [7, 11) is 0. The largest absolute Gasteiger partial charge is 0.309 e. The fraction of sp³-hybridized carbons (Fsp3) is 0. The molecule has 0 spiro atoms. The van der Waals surface area contributed by atoms with E-state index in [0.29, 0.717) is 0 Å². The second-order valence-corrected chi connectivity index (χ2v) is 12.4. The molecule has 212 valence electrons. The van der Waals surface area contributed by atoms with Crippen molar-refractivity contribution in [2.75, 3.05) is 4.90 Å². The number of hydrogen-bond acceptors (Lipinski definition) is 2. The lowest BCUT2D eigenvalue weighted by Gasteiger charge is -2.29. The van der Waals surface area contributed by atoms with Crippen molar-refractivity contribution in [2.24, 2.45) is 0 Å². The molecule has 0 saturated carbocycles. The zero-order valence-electron chi connectivity index (χ0n) is 24.5. The Hall–Kier alpha value is -5.64. The van der Waals surface area contributed by atoms with Gasteiger partial charge in [-0.25, -0.2) is 0 Å². The maximum atomic E-state index is 2.47. The fourth-order valence-electron chi connectivity index (χ4n) is 6.82. The zero-order valence-corrected chi connectivity index (χ0v) is 25.3. The number of para-hydroxylation sites is 3. The van der Waals surface area contributed by atoms with Crippen LogP contribution in [0.15, 0.2) is 170 Å². The van der Waals surface area contributed by atoms with Crippen molar-refractivity contribution in [3.63, 3.8) is 0 Å². The van der Waals surface area contributed by atoms with Gasteiger partial charge in [0, 0.05) is 47.9 Å². The maximum Gasteiger partial charge on any atom is 0.0555 e. The first-order chi connectivity index (χ1) is 22.3. The van der Waals surface area contributed by atoms with Crippen molar-refractivity contribution in [1.29, 1.82) is 0 Å². The summed E-state index contributed by atoms with van der Waals surface area (Å²) in [5.41, 5.74) is 9.38. The van der Waals surface area contributed by atoms with Crippen molar-refractivity contribution in [2.45, 2.75) is 0 Å². The average molecular weight is 593 g/mol. The molecule has 9 rings (SSSR count). The molecule has 2 heterocycles. The number of thiophene rings is 1. The SMILES string of the molecule is c1ccc(-c2cc3c(cc2N(c2ccccc2)c2cccc4sc5ccccc5c24)c2ccccc2n3-c2ccccc2)cc1. The lowest BCUT2D eigenvalue weighted by molar-refractivity contribution is 1.18. The molecule has 0 amide bonds. The number of benzene rings is 7. The maximum absolute atomic E-state index is 2.47. The molecular weight excluding hydrogens is 565 g/mol. The molecule has 0 N–H and O–H groups in total. The van der Waals surface area contributed by atoms with E-state index in [2.05, 4.69) is 179 Å². The summed E-state index contributed by atoms with van der Waals surface area (Å²) in [5.74, 6) is 0. The van der Waals surface area contributed by atoms with Crippen LogP contribution in [0.1, 0.15) is 0 Å². The first kappa shape index (κ1) is 25.8. The van der Waals surface area contributed by atoms with E-state index in [0.717, 1.165) is 17.1 Å². The molecule has 0 saturated heterocycles. The predicted octanol–water partition coefficient (Wildman–Crippen LogP) is 12.3. The average Bonchev–Trinajstić information content (AvgIpc) is 3.65. The lowest BCUT2D eigenvalue weighted by Crippen LogP contribution is -2.11. The molecule has 2 aromatic heterocycles. The minimum atomic E-state index is 1.13. The number of anilines is 3. The van der Waals surface area contributed by atoms with Crippen molar-refractivity contribution >= 4 is 70.4 Å². The van der Waals surface area contributed by atoms with Gasteiger partial charge >= 0.3 is 0 Å². The highest BCUT2D eigenvalue weighted by molar-refractivity contribution is 7.26. The van der Waals surface area contributed by atoms with Crippen LogP contribution in [0.25, 0.3) is 58.8 Å². The number of fused-ring (bicyclic) bond motifs is 6. The van der Waals surface area contributed by atoms with Crippen LogP contribution < -0.4 is 4.90 Å². The lowest BCUT2D eigenvalue weighted by atomic mass is 9.98. The summed E-state index contributed by atoms with van der Waals surface area (Å²) in [6.45, 7) is 0. The normalized spacial score (nSPS) is 11.6. The number of nitrogens with zero attached hydrogens (tertiary/aromatic N) is 2. The van der Waals surface area contributed by atoms with Gasteiger partial charge < -0.3 is 9.47 Å². The van der Waals surface area contributed by atoms with Gasteiger partial charge in [0.05, 0.1) is 22.4 Å². The first-order valence-corrected chi connectivity index (χ1v) is 16.1. The van der Waals surface area contributed by atoms with Crippen LogP contribution in [-0.4, -0.2) is 4.57 Å². The van der Waals surface area contributed by atoms with Gasteiger partial charge in [0.25, 0.3) is 0 Å². The topological polar surface area (TPSA) is 8.17 Å². The molecule has 2 nitrogen and oxygen atoms in total. The van der Waals surface area contributed by atoms with E-state index in [1.807, 2.05) is 11.3 Å². The fourth-order valence-corrected chi connectivity index (χ4v) is 7.95. The molecule has 0 fully saturated rings. The van der Waals surface area contributed by atoms with Crippen LogP contribution in [0.5, 0.6) is 0 Å². The molecule has 0 radical (unpaired) electrons. The van der Waals surface area contributed by atoms with Crippen LogP contribution in [0.4, 0.5) is 17.1 Å². The van der Waals surface area contributed by atoms with Crippen molar-refractivity contribution < 1.29 is 0 Å². The van der Waals surface area contributed by atoms with Crippen LogP contribution in [0.2, 0.25) is 0 Å². The minimum absolute atomic E-state index is 1.13. The molecule has 0 bridgehead atoms. The molecule has 0 aliphatic rings. The minimum Gasteiger partial charge on any atom is -0.309 e. The second kappa shape index (κ2) is 10.5. The number of rotatable bonds is 5. The highest BCUT2D eigenvalue weighted by atomic mass is 32.1. The van der Waals surface area contributed by atoms with Gasteiger partial charge in [0.15, 0.2) is 0 Å². The van der Waals surface area contributed by atoms with Gasteiger partial charge in [-0.15, -0.1) is 11.3 Å². The molecule has 0 atom stereocenters. The molecule has 45 heavy (non-hydrogen) atoms. The smallest absolute Gasteiger partial charge is 0.0555 e. The highest BCUT2D eigenvalue weighted by Gasteiger charge is 2.24. The van der Waals surface area contributed by atoms with Gasteiger partial charge in [-0.3, -0.25) is 0 Å². The van der Waals surface area contributed by atoms with E-state index in [9.17, 15) is 0 Å². The third-order valence-electron chi connectivity index (χ3n) is 8.77. The van der Waals surface area contributed by atoms with Crippen molar-refractivity contribution in [3.8, 4) is 16.8 Å². The second-order valence-electron chi connectivity index (χ2n) is 11.4. The molecule has 7 aromatic carbocycles. The standard InChI is InChI=1S/C42H28N2S/c1-4-15-29(16-5-1)34-27-39-35(32-21-10-12-23-36(32)43(39)30-17-6-2-7-18-30)28-38(34)44(31-19-8-3-9-20-31)37-24-14-26-41-42(37)33-22-11-13-25-40(33)45-41/h1-28H. The Bertz CT molecular complexity index is 2470. The summed E-state index contributed by atoms with van der Waals surface area (Å²) < 4.78 is 5.00. The Morgan fingerprint density at radius 3 is 1.89 bits per heavy atom. The Labute approximate surface area is 265 Å². The first-order valence-electron chi connectivity index (χ1n) is 15.3. The van der Waals surface area contributed by atoms with E-state index in [4.69, 9.17) is 0 Å². The zero-order chi connectivity index (χ0) is 29.7. The summed E-state index contributed by atoms with van der Waals surface area (Å²) in [6, 6.07) is 61.4. The van der Waals surface area contributed by atoms with Gasteiger partial charge in [-0.1, -0.05) is 109 Å². The number of aromatic nitrogens is 1. The van der Waals surface area contributed by atoms with Crippen molar-refractivity contribution in [1.82, 2.24) is 4.57 Å². The van der Waals surface area contributed by atoms with E-state index in [-0.39, 0.29) is 0 Å². The summed E-state index contributed by atoms with van der Waals surface area (Å²) >= 11 is 1.86. The predicted molar refractivity (Wildman–Crippen MR) is 194 cm³/mol. The Morgan fingerprint density at radius 2 is 1.09 bits per heavy atom. The Kier molecular flexibility index (Phi) is 6.03. The summed E-state index contributed by atoms with van der Waals surface area (Å²) in [5, 5.41) is 5.04. The molecule has 9 aromatic rings. The van der Waals surface area contributed by atoms with Crippen LogP contribution in [-0.2, 0) is 0 Å². The quantitative estimate of drug-likeness (QED) is 0.193. The van der Waals surface area contributed by atoms with Gasteiger partial charge in [0.1, 0.15) is 0 Å². The van der Waals surface area contributed by atoms with Gasteiger partial charge in [-0.2, -0.15) is 0 Å². The van der Waals surface area contributed by atoms with E-state index in [1.54, 1.807) is 0 Å². The van der Waals surface area contributed by atoms with E-state index < -0.39 is 0 Å². The Balaban J connectivity index is 1.44. The molecular formula is C42H28N2S. The van der Waals surface area contributed by atoms with Crippen molar-refractivity contribution in [3.05, 3.63) is 170 Å². The van der Waals surface area contributed by atoms with Crippen LogP contribution in [0, 0.1) is 0 Å². The molecule has 0 aliphatic heterocycles. The monoisotopic (exact) mass is 592 g/mol. The van der Waals surface area contributed by atoms with Crippen LogP contribution in [0.3, 0.4) is 0 Å². The van der Waals surface area contributed by atoms with Gasteiger partial charge in [0.2, 0.25) is 0 Å². The molecule has 3 heteroatoms. The molecule has 0 unspecified atom stereocenters. The summed E-state index contributed by atoms with van der Waals surface area (Å²) in [6.07, 6.45) is 0. The van der Waals surface area contributed by atoms with E-state index >= 15 is 0 Å². The third-order valence-corrected chi connectivity index (χ3v) is 9.90. The number of hydrogen-bond donors (Lipinski definition) is 0. The molecule has 0 aliphatic carbocycles. The third kappa shape index (κ3) is 4.16. The van der Waals surface area contributed by atoms with Crippen LogP contribution >= 0.6 is 11.3 Å². The van der Waals surface area contributed by atoms with E-state index in [1.165, 1.54) is 58.8 Å².